The molecule has 1 aromatic carbocycles. The van der Waals surface area contributed by atoms with Gasteiger partial charge < -0.3 is 10.0 Å². The average Bonchev–Trinajstić information content (AvgIpc) is 2.96. The SMILES string of the molecule is O=C(Cc1ccccc1Cl)N1CCN([C@@H]2CCC[C@@H]2O)CC1. The maximum atomic E-state index is 12.4. The molecule has 2 atom stereocenters. The van der Waals surface area contributed by atoms with Gasteiger partial charge in [0.1, 0.15) is 0 Å². The van der Waals surface area contributed by atoms with Crippen LogP contribution < -0.4 is 0 Å². The Morgan fingerprint density at radius 2 is 1.91 bits per heavy atom. The Morgan fingerprint density at radius 3 is 2.55 bits per heavy atom. The van der Waals surface area contributed by atoms with E-state index in [2.05, 4.69) is 4.90 Å². The summed E-state index contributed by atoms with van der Waals surface area (Å²) >= 11 is 6.13. The summed E-state index contributed by atoms with van der Waals surface area (Å²) in [4.78, 5) is 16.7. The standard InChI is InChI=1S/C17H23ClN2O2/c18-14-5-2-1-4-13(14)12-17(22)20-10-8-19(9-11-20)15-6-3-7-16(15)21/h1-2,4-5,15-16,21H,3,6-12H2/t15-,16+/m1/s1. The van der Waals surface area contributed by atoms with Gasteiger partial charge in [0.15, 0.2) is 0 Å². The molecule has 1 aromatic rings. The van der Waals surface area contributed by atoms with Crippen LogP contribution in [0, 0.1) is 0 Å². The van der Waals surface area contributed by atoms with Crippen LogP contribution in [0.3, 0.4) is 0 Å². The summed E-state index contributed by atoms with van der Waals surface area (Å²) in [6.45, 7) is 3.20. The third-order valence-electron chi connectivity index (χ3n) is 4.88. The van der Waals surface area contributed by atoms with Crippen molar-refractivity contribution >= 4 is 17.5 Å². The first-order valence-electron chi connectivity index (χ1n) is 8.08. The molecule has 22 heavy (non-hydrogen) atoms. The molecule has 0 aromatic heterocycles. The number of amides is 1. The van der Waals surface area contributed by atoms with E-state index in [1.807, 2.05) is 29.2 Å². The Balaban J connectivity index is 1.53. The fraction of sp³-hybridized carbons (Fsp3) is 0.588. The highest BCUT2D eigenvalue weighted by molar-refractivity contribution is 6.31. The van der Waals surface area contributed by atoms with Crippen LogP contribution in [0.25, 0.3) is 0 Å². The topological polar surface area (TPSA) is 43.8 Å². The molecule has 0 unspecified atom stereocenters. The molecule has 4 nitrogen and oxygen atoms in total. The molecule has 0 radical (unpaired) electrons. The van der Waals surface area contributed by atoms with Crippen molar-refractivity contribution in [2.24, 2.45) is 0 Å². The van der Waals surface area contributed by atoms with Crippen molar-refractivity contribution in [2.75, 3.05) is 26.2 Å². The molecule has 5 heteroatoms. The Bertz CT molecular complexity index is 529. The van der Waals surface area contributed by atoms with Crippen molar-refractivity contribution in [3.8, 4) is 0 Å². The van der Waals surface area contributed by atoms with Crippen LogP contribution in [0.2, 0.25) is 5.02 Å². The molecule has 0 bridgehead atoms. The van der Waals surface area contributed by atoms with Crippen molar-refractivity contribution in [3.05, 3.63) is 34.9 Å². The Morgan fingerprint density at radius 1 is 1.18 bits per heavy atom. The smallest absolute Gasteiger partial charge is 0.227 e. The van der Waals surface area contributed by atoms with Gasteiger partial charge in [-0.3, -0.25) is 9.69 Å². The minimum Gasteiger partial charge on any atom is -0.391 e. The highest BCUT2D eigenvalue weighted by atomic mass is 35.5. The molecule has 0 spiro atoms. The van der Waals surface area contributed by atoms with Crippen LogP contribution in [-0.2, 0) is 11.2 Å². The zero-order valence-electron chi connectivity index (χ0n) is 12.7. The van der Waals surface area contributed by atoms with Crippen molar-refractivity contribution in [1.82, 2.24) is 9.80 Å². The maximum absolute atomic E-state index is 12.4. The van der Waals surface area contributed by atoms with E-state index in [9.17, 15) is 9.90 Å². The number of aliphatic hydroxyl groups excluding tert-OH is 1. The number of benzene rings is 1. The summed E-state index contributed by atoms with van der Waals surface area (Å²) in [6.07, 6.45) is 3.28. The second kappa shape index (κ2) is 6.99. The van der Waals surface area contributed by atoms with E-state index in [0.29, 0.717) is 17.5 Å². The monoisotopic (exact) mass is 322 g/mol. The number of nitrogens with zero attached hydrogens (tertiary/aromatic N) is 2. The van der Waals surface area contributed by atoms with E-state index < -0.39 is 0 Å². The predicted molar refractivity (Wildman–Crippen MR) is 87.0 cm³/mol. The number of hydrogen-bond acceptors (Lipinski definition) is 3. The molecule has 3 rings (SSSR count). The lowest BCUT2D eigenvalue weighted by Gasteiger charge is -2.39. The fourth-order valence-corrected chi connectivity index (χ4v) is 3.77. The first-order chi connectivity index (χ1) is 10.6. The second-order valence-corrected chi connectivity index (χ2v) is 6.66. The van der Waals surface area contributed by atoms with Gasteiger partial charge in [0.25, 0.3) is 0 Å². The van der Waals surface area contributed by atoms with Gasteiger partial charge in [-0.2, -0.15) is 0 Å². The number of carbonyl (C=O) groups is 1. The van der Waals surface area contributed by atoms with Gasteiger partial charge >= 0.3 is 0 Å². The Hall–Kier alpha value is -1.10. The normalized spacial score (nSPS) is 26.4. The van der Waals surface area contributed by atoms with E-state index in [1.165, 1.54) is 0 Å². The van der Waals surface area contributed by atoms with Crippen molar-refractivity contribution in [3.63, 3.8) is 0 Å². The molecule has 1 N–H and O–H groups in total. The Labute approximate surface area is 136 Å². The van der Waals surface area contributed by atoms with Gasteiger partial charge in [-0.25, -0.2) is 0 Å². The summed E-state index contributed by atoms with van der Waals surface area (Å²) in [5, 5.41) is 10.7. The molecule has 2 aliphatic rings. The number of aliphatic hydroxyl groups is 1. The second-order valence-electron chi connectivity index (χ2n) is 6.25. The van der Waals surface area contributed by atoms with Gasteiger partial charge in [-0.15, -0.1) is 0 Å². The van der Waals surface area contributed by atoms with Gasteiger partial charge in [0.05, 0.1) is 12.5 Å². The zero-order valence-corrected chi connectivity index (χ0v) is 13.5. The third-order valence-corrected chi connectivity index (χ3v) is 5.25. The van der Waals surface area contributed by atoms with Crippen LogP contribution in [-0.4, -0.2) is 59.1 Å². The summed E-state index contributed by atoms with van der Waals surface area (Å²) < 4.78 is 0. The zero-order chi connectivity index (χ0) is 15.5. The van der Waals surface area contributed by atoms with Crippen LogP contribution in [0.15, 0.2) is 24.3 Å². The van der Waals surface area contributed by atoms with E-state index >= 15 is 0 Å². The van der Waals surface area contributed by atoms with Gasteiger partial charge in [-0.05, 0) is 30.9 Å². The fourth-order valence-electron chi connectivity index (χ4n) is 3.57. The highest BCUT2D eigenvalue weighted by Gasteiger charge is 2.33. The first kappa shape index (κ1) is 15.8. The summed E-state index contributed by atoms with van der Waals surface area (Å²) in [5.41, 5.74) is 0.891. The van der Waals surface area contributed by atoms with Crippen molar-refractivity contribution in [1.29, 1.82) is 0 Å². The average molecular weight is 323 g/mol. The molecule has 120 valence electrons. The molecule has 1 aliphatic carbocycles. The van der Waals surface area contributed by atoms with E-state index in [0.717, 1.165) is 51.0 Å². The highest BCUT2D eigenvalue weighted by Crippen LogP contribution is 2.25. The van der Waals surface area contributed by atoms with Crippen LogP contribution in [0.5, 0.6) is 0 Å². The summed E-state index contributed by atoms with van der Waals surface area (Å²) in [5.74, 6) is 0.139. The first-order valence-corrected chi connectivity index (χ1v) is 8.46. The van der Waals surface area contributed by atoms with Crippen LogP contribution >= 0.6 is 11.6 Å². The molecular formula is C17H23ClN2O2. The number of halogens is 1. The maximum Gasteiger partial charge on any atom is 0.227 e. The number of piperazine rings is 1. The predicted octanol–water partition coefficient (Wildman–Crippen LogP) is 1.94. The van der Waals surface area contributed by atoms with Gasteiger partial charge in [0.2, 0.25) is 5.91 Å². The summed E-state index contributed by atoms with van der Waals surface area (Å²) in [6, 6.07) is 7.81. The molecule has 2 fully saturated rings. The van der Waals surface area contributed by atoms with E-state index in [4.69, 9.17) is 11.6 Å². The lowest BCUT2D eigenvalue weighted by atomic mass is 10.1. The Kier molecular flexibility index (Phi) is 5.01. The lowest BCUT2D eigenvalue weighted by Crippen LogP contribution is -2.53. The van der Waals surface area contributed by atoms with Crippen molar-refractivity contribution in [2.45, 2.75) is 37.8 Å². The summed E-state index contributed by atoms with van der Waals surface area (Å²) in [7, 11) is 0. The molecule has 1 saturated carbocycles. The van der Waals surface area contributed by atoms with Crippen LogP contribution in [0.1, 0.15) is 24.8 Å². The lowest BCUT2D eigenvalue weighted by molar-refractivity contribution is -0.132. The number of rotatable bonds is 3. The van der Waals surface area contributed by atoms with Crippen LogP contribution in [0.4, 0.5) is 0 Å². The molecule has 1 amide bonds. The molecule has 1 saturated heterocycles. The third kappa shape index (κ3) is 3.45. The minimum absolute atomic E-state index is 0.139. The molecule has 1 heterocycles. The molecular weight excluding hydrogens is 300 g/mol. The minimum atomic E-state index is -0.189. The van der Waals surface area contributed by atoms with Crippen molar-refractivity contribution < 1.29 is 9.90 Å². The van der Waals surface area contributed by atoms with Gasteiger partial charge in [0, 0.05) is 37.2 Å². The quantitative estimate of drug-likeness (QED) is 0.925. The van der Waals surface area contributed by atoms with E-state index in [-0.39, 0.29) is 12.0 Å². The van der Waals surface area contributed by atoms with E-state index in [1.54, 1.807) is 0 Å². The van der Waals surface area contributed by atoms with Gasteiger partial charge in [-0.1, -0.05) is 29.8 Å². The number of hydrogen-bond donors (Lipinski definition) is 1. The molecule has 1 aliphatic heterocycles. The number of carbonyl (C=O) groups excluding carboxylic acids is 1. The largest absolute Gasteiger partial charge is 0.391 e.